The molecule has 0 unspecified atom stereocenters. The summed E-state index contributed by atoms with van der Waals surface area (Å²) in [5.74, 6) is 0.298. The minimum atomic E-state index is -0.517. The van der Waals surface area contributed by atoms with Crippen molar-refractivity contribution in [1.82, 2.24) is 9.80 Å². The van der Waals surface area contributed by atoms with E-state index in [0.29, 0.717) is 37.7 Å². The molecule has 1 aliphatic heterocycles. The summed E-state index contributed by atoms with van der Waals surface area (Å²) < 4.78 is 16.2. The van der Waals surface area contributed by atoms with Crippen LogP contribution in [0.1, 0.15) is 39.1 Å². The summed E-state index contributed by atoms with van der Waals surface area (Å²) in [5, 5.41) is 0. The minimum Gasteiger partial charge on any atom is -0.497 e. The van der Waals surface area contributed by atoms with Crippen molar-refractivity contribution in [3.63, 3.8) is 0 Å². The van der Waals surface area contributed by atoms with Crippen LogP contribution < -0.4 is 4.74 Å². The summed E-state index contributed by atoms with van der Waals surface area (Å²) in [5.41, 5.74) is 1.56. The SMILES string of the molecule is COC(=O)c1cccc(C(=O)N2CC(=O)N(Cc3cccc(OC)c3)C[C@H](OCC3CC3)C2)c1. The number of hydrogen-bond acceptors (Lipinski definition) is 6. The molecule has 180 valence electrons. The summed E-state index contributed by atoms with van der Waals surface area (Å²) >= 11 is 0. The van der Waals surface area contributed by atoms with Crippen molar-refractivity contribution in [1.29, 1.82) is 0 Å². The first-order chi connectivity index (χ1) is 16.5. The largest absolute Gasteiger partial charge is 0.497 e. The molecule has 2 aliphatic rings. The topological polar surface area (TPSA) is 85.4 Å². The van der Waals surface area contributed by atoms with E-state index >= 15 is 0 Å². The number of carbonyl (C=O) groups excluding carboxylic acids is 3. The van der Waals surface area contributed by atoms with E-state index in [-0.39, 0.29) is 30.0 Å². The molecule has 0 spiro atoms. The number of amides is 2. The van der Waals surface area contributed by atoms with Crippen molar-refractivity contribution in [2.75, 3.05) is 40.5 Å². The lowest BCUT2D eigenvalue weighted by Gasteiger charge is -2.25. The lowest BCUT2D eigenvalue weighted by atomic mass is 10.1. The van der Waals surface area contributed by atoms with Crippen molar-refractivity contribution in [2.24, 2.45) is 5.92 Å². The Labute approximate surface area is 199 Å². The van der Waals surface area contributed by atoms with Crippen molar-refractivity contribution in [3.8, 4) is 5.75 Å². The maximum Gasteiger partial charge on any atom is 0.337 e. The number of benzene rings is 2. The van der Waals surface area contributed by atoms with Crippen LogP contribution >= 0.6 is 0 Å². The van der Waals surface area contributed by atoms with Gasteiger partial charge in [0.2, 0.25) is 5.91 Å². The van der Waals surface area contributed by atoms with E-state index in [1.807, 2.05) is 24.3 Å². The molecule has 2 fully saturated rings. The first-order valence-corrected chi connectivity index (χ1v) is 11.5. The third-order valence-corrected chi connectivity index (χ3v) is 6.12. The molecule has 1 heterocycles. The highest BCUT2D eigenvalue weighted by atomic mass is 16.5. The Hall–Kier alpha value is -3.39. The van der Waals surface area contributed by atoms with Crippen molar-refractivity contribution in [3.05, 3.63) is 65.2 Å². The second-order valence-corrected chi connectivity index (χ2v) is 8.78. The van der Waals surface area contributed by atoms with Crippen LogP contribution in [0.4, 0.5) is 0 Å². The van der Waals surface area contributed by atoms with Crippen LogP contribution in [0.3, 0.4) is 0 Å². The van der Waals surface area contributed by atoms with Crippen LogP contribution in [-0.2, 0) is 20.8 Å². The number of rotatable bonds is 8. The first-order valence-electron chi connectivity index (χ1n) is 11.5. The average molecular weight is 467 g/mol. The second-order valence-electron chi connectivity index (χ2n) is 8.78. The first kappa shape index (κ1) is 23.8. The number of nitrogens with zero attached hydrogens (tertiary/aromatic N) is 2. The zero-order valence-electron chi connectivity index (χ0n) is 19.6. The molecule has 34 heavy (non-hydrogen) atoms. The molecule has 1 saturated heterocycles. The van der Waals surface area contributed by atoms with Crippen LogP contribution in [0.5, 0.6) is 5.75 Å². The van der Waals surface area contributed by atoms with Gasteiger partial charge < -0.3 is 24.0 Å². The third kappa shape index (κ3) is 5.94. The van der Waals surface area contributed by atoms with E-state index in [9.17, 15) is 14.4 Å². The maximum atomic E-state index is 13.3. The molecule has 0 N–H and O–H groups in total. The Bertz CT molecular complexity index is 1050. The Morgan fingerprint density at radius 3 is 2.50 bits per heavy atom. The highest BCUT2D eigenvalue weighted by Crippen LogP contribution is 2.29. The van der Waals surface area contributed by atoms with E-state index < -0.39 is 5.97 Å². The molecule has 4 rings (SSSR count). The molecule has 0 aromatic heterocycles. The van der Waals surface area contributed by atoms with Gasteiger partial charge in [0, 0.05) is 31.8 Å². The molecule has 0 bridgehead atoms. The van der Waals surface area contributed by atoms with Crippen molar-refractivity contribution < 1.29 is 28.6 Å². The molecular weight excluding hydrogens is 436 g/mol. The van der Waals surface area contributed by atoms with E-state index in [0.717, 1.165) is 24.2 Å². The van der Waals surface area contributed by atoms with E-state index in [1.165, 1.54) is 18.1 Å². The molecule has 2 aromatic carbocycles. The van der Waals surface area contributed by atoms with Crippen LogP contribution in [0.2, 0.25) is 0 Å². The van der Waals surface area contributed by atoms with E-state index in [4.69, 9.17) is 14.2 Å². The van der Waals surface area contributed by atoms with E-state index in [2.05, 4.69) is 0 Å². The molecule has 1 saturated carbocycles. The fourth-order valence-corrected chi connectivity index (χ4v) is 4.02. The van der Waals surface area contributed by atoms with Gasteiger partial charge in [0.05, 0.1) is 25.9 Å². The zero-order valence-corrected chi connectivity index (χ0v) is 19.6. The molecule has 8 heteroatoms. The van der Waals surface area contributed by atoms with Gasteiger partial charge in [-0.05, 0) is 54.7 Å². The van der Waals surface area contributed by atoms with Crippen LogP contribution in [0.25, 0.3) is 0 Å². The van der Waals surface area contributed by atoms with Gasteiger partial charge in [0.25, 0.3) is 5.91 Å². The summed E-state index contributed by atoms with van der Waals surface area (Å²) in [6.45, 7) is 1.67. The molecule has 2 aromatic rings. The molecule has 1 atom stereocenters. The van der Waals surface area contributed by atoms with Gasteiger partial charge in [-0.3, -0.25) is 9.59 Å². The monoisotopic (exact) mass is 466 g/mol. The van der Waals surface area contributed by atoms with Gasteiger partial charge in [0.1, 0.15) is 12.3 Å². The standard InChI is InChI=1S/C26H30N2O6/c1-32-22-8-3-5-19(11-22)13-27-14-23(34-17-18-9-10-18)15-28(16-24(27)29)25(30)20-6-4-7-21(12-20)26(31)33-2/h3-8,11-12,18,23H,9-10,13-17H2,1-2H3/t23-/m0/s1. The molecule has 8 nitrogen and oxygen atoms in total. The average Bonchev–Trinajstić information content (AvgIpc) is 3.70. The summed E-state index contributed by atoms with van der Waals surface area (Å²) in [7, 11) is 2.90. The summed E-state index contributed by atoms with van der Waals surface area (Å²) in [6.07, 6.45) is 2.01. The van der Waals surface area contributed by atoms with Gasteiger partial charge in [-0.25, -0.2) is 4.79 Å². The number of hydrogen-bond donors (Lipinski definition) is 0. The predicted octanol–water partition coefficient (Wildman–Crippen LogP) is 2.76. The zero-order chi connectivity index (χ0) is 24.1. The maximum absolute atomic E-state index is 13.3. The lowest BCUT2D eigenvalue weighted by Crippen LogP contribution is -2.39. The van der Waals surface area contributed by atoms with Crippen LogP contribution in [0.15, 0.2) is 48.5 Å². The smallest absolute Gasteiger partial charge is 0.337 e. The number of carbonyl (C=O) groups is 3. The summed E-state index contributed by atoms with van der Waals surface area (Å²) in [6, 6.07) is 14.0. The Morgan fingerprint density at radius 1 is 1.00 bits per heavy atom. The van der Waals surface area contributed by atoms with Gasteiger partial charge in [-0.2, -0.15) is 0 Å². The predicted molar refractivity (Wildman–Crippen MR) is 125 cm³/mol. The van der Waals surface area contributed by atoms with Crippen LogP contribution in [-0.4, -0.2) is 74.1 Å². The van der Waals surface area contributed by atoms with Crippen molar-refractivity contribution >= 4 is 17.8 Å². The lowest BCUT2D eigenvalue weighted by molar-refractivity contribution is -0.132. The van der Waals surface area contributed by atoms with Gasteiger partial charge in [-0.15, -0.1) is 0 Å². The fourth-order valence-electron chi connectivity index (χ4n) is 4.02. The Morgan fingerprint density at radius 2 is 1.76 bits per heavy atom. The molecular formula is C26H30N2O6. The highest BCUT2D eigenvalue weighted by Gasteiger charge is 2.33. The Kier molecular flexibility index (Phi) is 7.47. The quantitative estimate of drug-likeness (QED) is 0.556. The third-order valence-electron chi connectivity index (χ3n) is 6.12. The van der Waals surface area contributed by atoms with Gasteiger partial charge in [0.15, 0.2) is 0 Å². The van der Waals surface area contributed by atoms with Gasteiger partial charge >= 0.3 is 5.97 Å². The van der Waals surface area contributed by atoms with Crippen molar-refractivity contribution in [2.45, 2.75) is 25.5 Å². The van der Waals surface area contributed by atoms with Gasteiger partial charge in [-0.1, -0.05) is 18.2 Å². The van der Waals surface area contributed by atoms with E-state index in [1.54, 1.807) is 30.2 Å². The fraction of sp³-hybridized carbons (Fsp3) is 0.423. The normalized spacial score (nSPS) is 18.4. The highest BCUT2D eigenvalue weighted by molar-refractivity contribution is 5.99. The molecule has 1 aliphatic carbocycles. The summed E-state index contributed by atoms with van der Waals surface area (Å²) in [4.78, 5) is 41.7. The number of esters is 1. The number of methoxy groups -OCH3 is 2. The Balaban J connectivity index is 1.53. The van der Waals surface area contributed by atoms with Crippen LogP contribution in [0, 0.1) is 5.92 Å². The second kappa shape index (κ2) is 10.7. The minimum absolute atomic E-state index is 0.0610. The number of ether oxygens (including phenoxy) is 3. The molecule has 0 radical (unpaired) electrons. The molecule has 2 amide bonds.